The van der Waals surface area contributed by atoms with Crippen molar-refractivity contribution in [2.75, 3.05) is 6.54 Å². The van der Waals surface area contributed by atoms with Crippen molar-refractivity contribution in [3.8, 4) is 0 Å². The summed E-state index contributed by atoms with van der Waals surface area (Å²) in [4.78, 5) is 3.24. The lowest BCUT2D eigenvalue weighted by atomic mass is 9.89. The monoisotopic (exact) mass is 250 g/mol. The Morgan fingerprint density at radius 1 is 1.39 bits per heavy atom. The Morgan fingerprint density at radius 3 is 3.06 bits per heavy atom. The summed E-state index contributed by atoms with van der Waals surface area (Å²) in [6.45, 7) is 3.09. The first-order valence-corrected chi connectivity index (χ1v) is 6.68. The molecule has 0 saturated heterocycles. The summed E-state index contributed by atoms with van der Waals surface area (Å²) < 4.78 is 19.1. The molecule has 4 heteroatoms. The summed E-state index contributed by atoms with van der Waals surface area (Å²) in [5.74, 6) is 1.41. The molecule has 3 rings (SSSR count). The molecular formula is C14H19FN2O+2. The van der Waals surface area contributed by atoms with Gasteiger partial charge in [0.2, 0.25) is 11.5 Å². The number of fused-ring (bicyclic) bond motifs is 1. The largest absolute Gasteiger partial charge is 0.252 e. The van der Waals surface area contributed by atoms with Crippen molar-refractivity contribution in [3.63, 3.8) is 0 Å². The maximum Gasteiger partial charge on any atom is 0.236 e. The zero-order valence-corrected chi connectivity index (χ0v) is 10.6. The van der Waals surface area contributed by atoms with E-state index in [4.69, 9.17) is 4.52 Å². The average molecular weight is 250 g/mol. The van der Waals surface area contributed by atoms with Gasteiger partial charge in [0.1, 0.15) is 18.6 Å². The standard InChI is InChI=1S/C14H17FN2O/c1-9-6-11(15)8-13-12(7-9)14(17-18-13)10-2-4-16-5-3-10/h4,8-10H,2-3,5-7H2,1H3/p+2. The third-order valence-corrected chi connectivity index (χ3v) is 3.87. The Labute approximate surface area is 106 Å². The van der Waals surface area contributed by atoms with E-state index < -0.39 is 0 Å². The van der Waals surface area contributed by atoms with E-state index >= 15 is 0 Å². The molecule has 18 heavy (non-hydrogen) atoms. The molecule has 1 aliphatic carbocycles. The SMILES string of the molecule is CC1CC(F)=Cc2o[nH+]c(C3CC=[NH+]CC3)c2C1. The Morgan fingerprint density at radius 2 is 2.28 bits per heavy atom. The molecule has 0 aromatic carbocycles. The van der Waals surface area contributed by atoms with Gasteiger partial charge < -0.3 is 0 Å². The van der Waals surface area contributed by atoms with E-state index in [2.05, 4.69) is 23.3 Å². The van der Waals surface area contributed by atoms with E-state index in [-0.39, 0.29) is 5.83 Å². The topological polar surface area (TPSA) is 41.2 Å². The van der Waals surface area contributed by atoms with Gasteiger partial charge in [0.05, 0.1) is 11.5 Å². The fourth-order valence-electron chi connectivity index (χ4n) is 2.94. The second-order valence-corrected chi connectivity index (χ2v) is 5.44. The molecule has 2 unspecified atom stereocenters. The van der Waals surface area contributed by atoms with Crippen molar-refractivity contribution in [1.82, 2.24) is 0 Å². The van der Waals surface area contributed by atoms with Crippen molar-refractivity contribution in [2.45, 2.75) is 38.5 Å². The minimum absolute atomic E-state index is 0.0765. The summed E-state index contributed by atoms with van der Waals surface area (Å²) in [5, 5.41) is 3.02. The first-order chi connectivity index (χ1) is 8.74. The van der Waals surface area contributed by atoms with Crippen LogP contribution < -0.4 is 10.1 Å². The fourth-order valence-corrected chi connectivity index (χ4v) is 2.94. The van der Waals surface area contributed by atoms with Gasteiger partial charge in [-0.2, -0.15) is 0 Å². The van der Waals surface area contributed by atoms with Gasteiger partial charge in [-0.15, -0.1) is 0 Å². The van der Waals surface area contributed by atoms with Crippen LogP contribution in [-0.2, 0) is 6.42 Å². The van der Waals surface area contributed by atoms with Crippen molar-refractivity contribution in [3.05, 3.63) is 22.8 Å². The maximum absolute atomic E-state index is 13.6. The molecule has 0 saturated carbocycles. The summed E-state index contributed by atoms with van der Waals surface area (Å²) in [7, 11) is 0. The zero-order valence-electron chi connectivity index (χ0n) is 10.6. The molecule has 1 aliphatic heterocycles. The van der Waals surface area contributed by atoms with E-state index in [0.717, 1.165) is 25.8 Å². The number of nitrogens with one attached hydrogen (secondary N) is 2. The lowest BCUT2D eigenvalue weighted by Crippen LogP contribution is -2.71. The van der Waals surface area contributed by atoms with Crippen molar-refractivity contribution in [2.24, 2.45) is 5.92 Å². The highest BCUT2D eigenvalue weighted by Gasteiger charge is 2.32. The van der Waals surface area contributed by atoms with Gasteiger partial charge in [-0.1, -0.05) is 6.92 Å². The molecule has 3 nitrogen and oxygen atoms in total. The summed E-state index contributed by atoms with van der Waals surface area (Å²) in [5.41, 5.74) is 2.34. The van der Waals surface area contributed by atoms with Crippen molar-refractivity contribution < 1.29 is 19.1 Å². The van der Waals surface area contributed by atoms with Gasteiger partial charge >= 0.3 is 0 Å². The van der Waals surface area contributed by atoms with Crippen LogP contribution in [0.4, 0.5) is 4.39 Å². The van der Waals surface area contributed by atoms with Crippen LogP contribution in [0.1, 0.15) is 49.1 Å². The molecule has 0 radical (unpaired) electrons. The second-order valence-electron chi connectivity index (χ2n) is 5.44. The van der Waals surface area contributed by atoms with Crippen molar-refractivity contribution >= 4 is 12.3 Å². The highest BCUT2D eigenvalue weighted by molar-refractivity contribution is 5.55. The molecule has 96 valence electrons. The second kappa shape index (κ2) is 4.67. The Hall–Kier alpha value is -1.45. The molecule has 1 aromatic rings. The highest BCUT2D eigenvalue weighted by atomic mass is 19.1. The molecule has 0 amide bonds. The normalized spacial score (nSPS) is 27.6. The molecule has 0 bridgehead atoms. The minimum atomic E-state index is -0.0765. The third kappa shape index (κ3) is 2.11. The smallest absolute Gasteiger partial charge is 0.236 e. The molecule has 0 spiro atoms. The number of rotatable bonds is 1. The molecular weight excluding hydrogens is 231 g/mol. The average Bonchev–Trinajstić information content (AvgIpc) is 2.66. The number of halogens is 1. The Bertz CT molecular complexity index is 504. The van der Waals surface area contributed by atoms with Gasteiger partial charge in [-0.25, -0.2) is 8.91 Å². The Kier molecular flexibility index (Phi) is 3.02. The molecule has 1 aromatic heterocycles. The minimum Gasteiger partial charge on any atom is -0.252 e. The van der Waals surface area contributed by atoms with Crippen molar-refractivity contribution in [1.29, 1.82) is 0 Å². The third-order valence-electron chi connectivity index (χ3n) is 3.87. The number of hydrogen-bond donors (Lipinski definition) is 1. The Balaban J connectivity index is 1.96. The van der Waals surface area contributed by atoms with Crippen LogP contribution >= 0.6 is 0 Å². The van der Waals surface area contributed by atoms with E-state index in [0.29, 0.717) is 24.0 Å². The van der Waals surface area contributed by atoms with Gasteiger partial charge in [0.15, 0.2) is 0 Å². The van der Waals surface area contributed by atoms with E-state index in [1.807, 2.05) is 0 Å². The molecule has 2 heterocycles. The number of H-pyrrole nitrogens is 1. The quantitative estimate of drug-likeness (QED) is 0.794. The summed E-state index contributed by atoms with van der Waals surface area (Å²) >= 11 is 0. The van der Waals surface area contributed by atoms with Gasteiger partial charge in [0.25, 0.3) is 0 Å². The van der Waals surface area contributed by atoms with E-state index in [1.165, 1.54) is 11.3 Å². The van der Waals surface area contributed by atoms with Crippen LogP contribution in [0.5, 0.6) is 0 Å². The molecule has 2 N–H and O–H groups in total. The first-order valence-electron chi connectivity index (χ1n) is 6.68. The number of aromatic amines is 1. The van der Waals surface area contributed by atoms with Crippen LogP contribution in [0.15, 0.2) is 10.3 Å². The van der Waals surface area contributed by atoms with Crippen LogP contribution in [0.3, 0.4) is 0 Å². The van der Waals surface area contributed by atoms with Crippen LogP contribution in [0, 0.1) is 5.92 Å². The van der Waals surface area contributed by atoms with Gasteiger partial charge in [0, 0.05) is 25.3 Å². The lowest BCUT2D eigenvalue weighted by molar-refractivity contribution is -0.618. The van der Waals surface area contributed by atoms with Crippen LogP contribution in [0.25, 0.3) is 6.08 Å². The number of allylic oxidation sites excluding steroid dienone is 1. The maximum atomic E-state index is 13.6. The fraction of sp³-hybridized carbons (Fsp3) is 0.571. The van der Waals surface area contributed by atoms with Crippen LogP contribution in [0.2, 0.25) is 0 Å². The molecule has 2 atom stereocenters. The first kappa shape index (κ1) is 11.6. The van der Waals surface area contributed by atoms with E-state index in [9.17, 15) is 4.39 Å². The predicted molar refractivity (Wildman–Crippen MR) is 65.7 cm³/mol. The van der Waals surface area contributed by atoms with Gasteiger partial charge in [-0.05, 0) is 17.5 Å². The molecule has 0 fully saturated rings. The molecule has 2 aliphatic rings. The predicted octanol–water partition coefficient (Wildman–Crippen LogP) is 1.02. The zero-order chi connectivity index (χ0) is 12.5. The number of aromatic nitrogens is 1. The summed E-state index contributed by atoms with van der Waals surface area (Å²) in [6.07, 6.45) is 7.16. The highest BCUT2D eigenvalue weighted by Crippen LogP contribution is 2.32. The lowest BCUT2D eigenvalue weighted by Gasteiger charge is -2.10. The summed E-state index contributed by atoms with van der Waals surface area (Å²) in [6, 6.07) is 0. The van der Waals surface area contributed by atoms with Crippen LogP contribution in [-0.4, -0.2) is 12.8 Å². The van der Waals surface area contributed by atoms with Gasteiger partial charge in [-0.3, -0.25) is 4.99 Å². The van der Waals surface area contributed by atoms with E-state index in [1.54, 1.807) is 6.08 Å². The number of hydrogen-bond acceptors (Lipinski definition) is 1.